The molecule has 2 aromatic heterocycles. The van der Waals surface area contributed by atoms with E-state index in [4.69, 9.17) is 9.47 Å². The lowest BCUT2D eigenvalue weighted by Crippen LogP contribution is -2.28. The molecule has 0 aliphatic rings. The average molecular weight is 377 g/mol. The van der Waals surface area contributed by atoms with Crippen LogP contribution in [0.3, 0.4) is 0 Å². The number of hydrogen-bond donors (Lipinski definition) is 1. The SMILES string of the molecule is CCCCOC(=O)NC/C(=C\F)COc1ccn2cc(CCCC)nc2c1. The molecular formula is C20H28FN3O3. The Morgan fingerprint density at radius 2 is 2.15 bits per heavy atom. The van der Waals surface area contributed by atoms with Crippen molar-refractivity contribution in [2.75, 3.05) is 19.8 Å². The third kappa shape index (κ3) is 6.92. The molecule has 2 heterocycles. The molecule has 148 valence electrons. The molecule has 0 saturated carbocycles. The zero-order valence-corrected chi connectivity index (χ0v) is 16.0. The third-order valence-corrected chi connectivity index (χ3v) is 4.04. The van der Waals surface area contributed by atoms with Crippen LogP contribution in [0.5, 0.6) is 5.75 Å². The molecular weight excluding hydrogens is 349 g/mol. The Hall–Kier alpha value is -2.57. The lowest BCUT2D eigenvalue weighted by atomic mass is 10.2. The zero-order valence-electron chi connectivity index (χ0n) is 16.0. The first-order chi connectivity index (χ1) is 13.2. The van der Waals surface area contributed by atoms with Crippen LogP contribution in [-0.2, 0) is 11.2 Å². The molecule has 1 amide bonds. The number of unbranched alkanes of at least 4 members (excludes halogenated alkanes) is 2. The highest BCUT2D eigenvalue weighted by atomic mass is 19.1. The lowest BCUT2D eigenvalue weighted by molar-refractivity contribution is 0.145. The summed E-state index contributed by atoms with van der Waals surface area (Å²) in [4.78, 5) is 16.1. The van der Waals surface area contributed by atoms with Crippen LogP contribution in [0, 0.1) is 0 Å². The van der Waals surface area contributed by atoms with Crippen LogP contribution in [0.25, 0.3) is 5.65 Å². The summed E-state index contributed by atoms with van der Waals surface area (Å²) >= 11 is 0. The van der Waals surface area contributed by atoms with E-state index in [1.807, 2.05) is 29.8 Å². The van der Waals surface area contributed by atoms with Crippen molar-refractivity contribution in [1.82, 2.24) is 14.7 Å². The highest BCUT2D eigenvalue weighted by Crippen LogP contribution is 2.16. The number of rotatable bonds is 11. The van der Waals surface area contributed by atoms with Crippen LogP contribution >= 0.6 is 0 Å². The molecule has 0 unspecified atom stereocenters. The number of aromatic nitrogens is 2. The summed E-state index contributed by atoms with van der Waals surface area (Å²) in [6.07, 6.45) is 8.70. The molecule has 0 aliphatic heterocycles. The van der Waals surface area contributed by atoms with Gasteiger partial charge in [0.1, 0.15) is 18.0 Å². The molecule has 0 saturated heterocycles. The maximum absolute atomic E-state index is 13.0. The lowest BCUT2D eigenvalue weighted by Gasteiger charge is -2.10. The summed E-state index contributed by atoms with van der Waals surface area (Å²) in [6.45, 7) is 4.59. The average Bonchev–Trinajstić information content (AvgIpc) is 3.08. The van der Waals surface area contributed by atoms with Crippen molar-refractivity contribution < 1.29 is 18.7 Å². The minimum absolute atomic E-state index is 0.0330. The number of carbonyl (C=O) groups excluding carboxylic acids is 1. The molecule has 0 aliphatic carbocycles. The van der Waals surface area contributed by atoms with E-state index in [0.29, 0.717) is 24.3 Å². The molecule has 0 atom stereocenters. The summed E-state index contributed by atoms with van der Waals surface area (Å²) in [6, 6.07) is 3.62. The number of alkyl carbamates (subject to hydrolysis) is 1. The van der Waals surface area contributed by atoms with Gasteiger partial charge >= 0.3 is 6.09 Å². The number of hydrogen-bond acceptors (Lipinski definition) is 4. The van der Waals surface area contributed by atoms with Gasteiger partial charge in [0, 0.05) is 30.6 Å². The van der Waals surface area contributed by atoms with E-state index < -0.39 is 6.09 Å². The predicted octanol–water partition coefficient (Wildman–Crippen LogP) is 4.44. The highest BCUT2D eigenvalue weighted by molar-refractivity contribution is 5.67. The van der Waals surface area contributed by atoms with Crippen LogP contribution in [0.2, 0.25) is 0 Å². The summed E-state index contributed by atoms with van der Waals surface area (Å²) in [5, 5.41) is 2.52. The number of aryl methyl sites for hydroxylation is 1. The number of fused-ring (bicyclic) bond motifs is 1. The number of amides is 1. The maximum atomic E-state index is 13.0. The Labute approximate surface area is 159 Å². The van der Waals surface area contributed by atoms with E-state index in [-0.39, 0.29) is 13.2 Å². The van der Waals surface area contributed by atoms with Gasteiger partial charge in [0.05, 0.1) is 18.6 Å². The quantitative estimate of drug-likeness (QED) is 0.588. The second-order valence-electron chi connectivity index (χ2n) is 6.36. The van der Waals surface area contributed by atoms with Gasteiger partial charge < -0.3 is 19.2 Å². The Kier molecular flexibility index (Phi) is 8.61. The van der Waals surface area contributed by atoms with Gasteiger partial charge in [-0.05, 0) is 25.3 Å². The van der Waals surface area contributed by atoms with Crippen molar-refractivity contribution in [3.8, 4) is 5.75 Å². The molecule has 0 aromatic carbocycles. The fourth-order valence-corrected chi connectivity index (χ4v) is 2.43. The van der Waals surface area contributed by atoms with E-state index in [9.17, 15) is 9.18 Å². The van der Waals surface area contributed by atoms with Crippen molar-refractivity contribution in [2.24, 2.45) is 0 Å². The first-order valence-electron chi connectivity index (χ1n) is 9.45. The second kappa shape index (κ2) is 11.2. The largest absolute Gasteiger partial charge is 0.489 e. The van der Waals surface area contributed by atoms with Crippen molar-refractivity contribution in [1.29, 1.82) is 0 Å². The van der Waals surface area contributed by atoms with Gasteiger partial charge in [0.25, 0.3) is 0 Å². The van der Waals surface area contributed by atoms with Crippen molar-refractivity contribution in [2.45, 2.75) is 46.0 Å². The van der Waals surface area contributed by atoms with E-state index in [2.05, 4.69) is 17.2 Å². The monoisotopic (exact) mass is 377 g/mol. The Balaban J connectivity index is 1.83. The number of nitrogens with one attached hydrogen (secondary N) is 1. The van der Waals surface area contributed by atoms with Crippen LogP contribution in [0.15, 0.2) is 36.4 Å². The van der Waals surface area contributed by atoms with E-state index in [1.54, 1.807) is 6.07 Å². The highest BCUT2D eigenvalue weighted by Gasteiger charge is 2.07. The standard InChI is InChI=1S/C20H28FN3O3/c1-3-5-7-17-14-24-9-8-18(11-19(24)23-17)27-15-16(12-21)13-22-20(25)26-10-6-4-2/h8-9,11-12,14H,3-7,10,13,15H2,1-2H3,(H,22,25)/b16-12+. The molecule has 2 aromatic rings. The van der Waals surface area contributed by atoms with Gasteiger partial charge in [-0.2, -0.15) is 0 Å². The summed E-state index contributed by atoms with van der Waals surface area (Å²) in [5.41, 5.74) is 2.15. The maximum Gasteiger partial charge on any atom is 0.407 e. The molecule has 0 fully saturated rings. The van der Waals surface area contributed by atoms with Crippen molar-refractivity contribution in [3.05, 3.63) is 42.1 Å². The van der Waals surface area contributed by atoms with Crippen molar-refractivity contribution >= 4 is 11.7 Å². The van der Waals surface area contributed by atoms with Crippen LogP contribution < -0.4 is 10.1 Å². The van der Waals surface area contributed by atoms with Gasteiger partial charge in [0.2, 0.25) is 0 Å². The Bertz CT molecular complexity index is 758. The van der Waals surface area contributed by atoms with Crippen LogP contribution in [-0.4, -0.2) is 35.2 Å². The first-order valence-corrected chi connectivity index (χ1v) is 9.45. The fourth-order valence-electron chi connectivity index (χ4n) is 2.43. The molecule has 7 heteroatoms. The molecule has 0 spiro atoms. The van der Waals surface area contributed by atoms with Gasteiger partial charge in [-0.3, -0.25) is 0 Å². The predicted molar refractivity (Wildman–Crippen MR) is 103 cm³/mol. The van der Waals surface area contributed by atoms with Crippen LogP contribution in [0.4, 0.5) is 9.18 Å². The molecule has 0 radical (unpaired) electrons. The normalized spacial score (nSPS) is 11.6. The first kappa shape index (κ1) is 20.7. The number of halogens is 1. The molecule has 1 N–H and O–H groups in total. The zero-order chi connectivity index (χ0) is 19.5. The molecule has 0 bridgehead atoms. The number of nitrogens with zero attached hydrogens (tertiary/aromatic N) is 2. The van der Waals surface area contributed by atoms with E-state index in [0.717, 1.165) is 43.4 Å². The van der Waals surface area contributed by atoms with Crippen LogP contribution in [0.1, 0.15) is 45.2 Å². The summed E-state index contributed by atoms with van der Waals surface area (Å²) in [5.74, 6) is 0.597. The third-order valence-electron chi connectivity index (χ3n) is 4.04. The second-order valence-corrected chi connectivity index (χ2v) is 6.36. The fraction of sp³-hybridized carbons (Fsp3) is 0.500. The molecule has 27 heavy (non-hydrogen) atoms. The number of pyridine rings is 1. The minimum Gasteiger partial charge on any atom is -0.489 e. The molecule has 2 rings (SSSR count). The minimum atomic E-state index is -0.554. The van der Waals surface area contributed by atoms with Gasteiger partial charge in [-0.25, -0.2) is 14.2 Å². The Morgan fingerprint density at radius 1 is 1.33 bits per heavy atom. The van der Waals surface area contributed by atoms with E-state index >= 15 is 0 Å². The van der Waals surface area contributed by atoms with E-state index in [1.165, 1.54) is 0 Å². The summed E-state index contributed by atoms with van der Waals surface area (Å²) in [7, 11) is 0. The molecule has 6 nitrogen and oxygen atoms in total. The Morgan fingerprint density at radius 3 is 2.89 bits per heavy atom. The smallest absolute Gasteiger partial charge is 0.407 e. The number of imidazole rings is 1. The number of carbonyl (C=O) groups is 1. The number of ether oxygens (including phenoxy) is 2. The summed E-state index contributed by atoms with van der Waals surface area (Å²) < 4.78 is 25.6. The van der Waals surface area contributed by atoms with Gasteiger partial charge in [0.15, 0.2) is 0 Å². The van der Waals surface area contributed by atoms with Crippen molar-refractivity contribution in [3.63, 3.8) is 0 Å². The topological polar surface area (TPSA) is 64.9 Å². The van der Waals surface area contributed by atoms with Gasteiger partial charge in [-0.15, -0.1) is 0 Å². The van der Waals surface area contributed by atoms with Gasteiger partial charge in [-0.1, -0.05) is 26.7 Å².